The summed E-state index contributed by atoms with van der Waals surface area (Å²) in [6.45, 7) is 11.7. The second-order valence-corrected chi connectivity index (χ2v) is 20.6. The highest BCUT2D eigenvalue weighted by Crippen LogP contribution is 2.75. The lowest BCUT2D eigenvalue weighted by molar-refractivity contribution is -0.331. The van der Waals surface area contributed by atoms with E-state index >= 15 is 0 Å². The van der Waals surface area contributed by atoms with Crippen molar-refractivity contribution < 1.29 is 74.8 Å². The van der Waals surface area contributed by atoms with Gasteiger partial charge in [-0.05, 0) is 84.9 Å². The van der Waals surface area contributed by atoms with Crippen LogP contribution in [0.1, 0.15) is 92.9 Å². The fourth-order valence-corrected chi connectivity index (χ4v) is 13.7. The summed E-state index contributed by atoms with van der Waals surface area (Å²) in [6.07, 6.45) is -8.74. The van der Waals surface area contributed by atoms with Gasteiger partial charge in [-0.1, -0.05) is 53.2 Å². The summed E-state index contributed by atoms with van der Waals surface area (Å²) in [5.41, 5.74) is -2.35. The SMILES string of the molecule is C[C@@]1(CO[C@@H]2O[C@H](CO)[C@@H](O)[C@H](O)[C@H]2O)CC[C@@]2(C)[C@H](C1)C1=CC[C@H]3[C@@]4(C)CC[C@H](O[C@@H]5O[C@H](CO)[C@@H](O)[C@H](O)[C@H]5O)[C@@](C)(C=O)[C@H]4[C@H](O)C[C@@]3(C)[C@]1(C)C[C@@H]2O. The van der Waals surface area contributed by atoms with Gasteiger partial charge in [0, 0.05) is 11.3 Å². The number of aliphatic hydroxyl groups is 10. The lowest BCUT2D eigenvalue weighted by Gasteiger charge is -2.72. The minimum atomic E-state index is -1.63. The van der Waals surface area contributed by atoms with Gasteiger partial charge in [0.25, 0.3) is 0 Å². The van der Waals surface area contributed by atoms with E-state index in [1.807, 2.05) is 0 Å². The quantitative estimate of drug-likeness (QED) is 0.0874. The van der Waals surface area contributed by atoms with Gasteiger partial charge in [-0.3, -0.25) is 0 Å². The zero-order valence-electron chi connectivity index (χ0n) is 34.2. The van der Waals surface area contributed by atoms with Crippen LogP contribution in [0.3, 0.4) is 0 Å². The predicted molar refractivity (Wildman–Crippen MR) is 201 cm³/mol. The first kappa shape index (κ1) is 43.9. The van der Waals surface area contributed by atoms with Gasteiger partial charge in [0.2, 0.25) is 0 Å². The Bertz CT molecular complexity index is 1530. The second kappa shape index (κ2) is 15.0. The number of ether oxygens (including phenoxy) is 4. The first-order valence-electron chi connectivity index (χ1n) is 21.0. The highest BCUT2D eigenvalue weighted by atomic mass is 16.7. The number of aldehydes is 1. The summed E-state index contributed by atoms with van der Waals surface area (Å²) >= 11 is 0. The van der Waals surface area contributed by atoms with E-state index in [9.17, 15) is 55.9 Å². The van der Waals surface area contributed by atoms with Crippen molar-refractivity contribution in [1.29, 1.82) is 0 Å². The molecule has 15 nitrogen and oxygen atoms in total. The summed E-state index contributed by atoms with van der Waals surface area (Å²) in [5, 5.41) is 107. The molecule has 2 heterocycles. The molecular formula is C42H68O15. The number of fused-ring (bicyclic) bond motifs is 7. The molecule has 0 unspecified atom stereocenters. The molecule has 0 amide bonds. The predicted octanol–water partition coefficient (Wildman–Crippen LogP) is -0.0897. The van der Waals surface area contributed by atoms with E-state index in [1.54, 1.807) is 6.92 Å². The van der Waals surface area contributed by atoms with E-state index in [0.717, 1.165) is 19.1 Å². The van der Waals surface area contributed by atoms with Gasteiger partial charge in [-0.25, -0.2) is 0 Å². The van der Waals surface area contributed by atoms with Crippen LogP contribution in [0.25, 0.3) is 0 Å². The van der Waals surface area contributed by atoms with Crippen LogP contribution in [0.5, 0.6) is 0 Å². The van der Waals surface area contributed by atoms with Crippen LogP contribution in [0.4, 0.5) is 0 Å². The number of hydrogen-bond donors (Lipinski definition) is 10. The fourth-order valence-electron chi connectivity index (χ4n) is 13.7. The molecule has 0 aromatic carbocycles. The normalized spacial score (nSPS) is 57.7. The van der Waals surface area contributed by atoms with E-state index in [1.165, 1.54) is 5.57 Å². The number of aliphatic hydroxyl groups excluding tert-OH is 10. The molecule has 326 valence electrons. The molecule has 0 spiro atoms. The van der Waals surface area contributed by atoms with Crippen LogP contribution in [0, 0.1) is 50.2 Å². The standard InChI is InChI=1S/C42H68O15/c1-37(19-54-35-32(52)30(50)28(48)23(16-43)55-35)11-12-38(2)21(13-37)20-7-8-25-39(3)10-9-27(57-36-33(53)31(51)29(49)24(17-44)56-36)40(4,18-45)34(39)22(46)14-42(25,6)41(20,5)15-26(38)47/h7,18,21-36,43-44,46-53H,8-17,19H2,1-6H3/t21-,22-,23-,24-,25+,26+,27+,28-,29-,30+,31+,32-,33-,34+,35-,36+,37-,38+,39-,40-,41-,42-/m1/s1. The average Bonchev–Trinajstić information content (AvgIpc) is 3.16. The summed E-state index contributed by atoms with van der Waals surface area (Å²) in [5.74, 6) is -0.563. The Labute approximate surface area is 335 Å². The van der Waals surface area contributed by atoms with E-state index in [-0.39, 0.29) is 18.4 Å². The summed E-state index contributed by atoms with van der Waals surface area (Å²) in [4.78, 5) is 13.3. The smallest absolute Gasteiger partial charge is 0.187 e. The highest BCUT2D eigenvalue weighted by Gasteiger charge is 2.72. The third-order valence-electron chi connectivity index (χ3n) is 17.4. The van der Waals surface area contributed by atoms with Crippen molar-refractivity contribution in [3.05, 3.63) is 11.6 Å². The van der Waals surface area contributed by atoms with Crippen molar-refractivity contribution in [3.63, 3.8) is 0 Å². The van der Waals surface area contributed by atoms with Gasteiger partial charge < -0.3 is 74.8 Å². The highest BCUT2D eigenvalue weighted by molar-refractivity contribution is 5.62. The van der Waals surface area contributed by atoms with Crippen LogP contribution in [-0.4, -0.2) is 157 Å². The van der Waals surface area contributed by atoms with Gasteiger partial charge in [0.05, 0.1) is 43.5 Å². The van der Waals surface area contributed by atoms with E-state index in [4.69, 9.17) is 18.9 Å². The molecule has 7 rings (SSSR count). The average molecular weight is 813 g/mol. The number of carbonyl (C=O) groups is 1. The third kappa shape index (κ3) is 6.47. The maximum absolute atomic E-state index is 13.3. The van der Waals surface area contributed by atoms with Crippen molar-refractivity contribution in [2.24, 2.45) is 50.2 Å². The molecule has 7 aliphatic rings. The largest absolute Gasteiger partial charge is 0.394 e. The number of carbonyl (C=O) groups excluding carboxylic acids is 1. The molecule has 6 fully saturated rings. The maximum Gasteiger partial charge on any atom is 0.187 e. The molecule has 22 atom stereocenters. The zero-order chi connectivity index (χ0) is 41.8. The molecule has 0 aromatic rings. The minimum Gasteiger partial charge on any atom is -0.394 e. The van der Waals surface area contributed by atoms with Crippen molar-refractivity contribution >= 4 is 6.29 Å². The second-order valence-electron chi connectivity index (χ2n) is 20.6. The molecular weight excluding hydrogens is 744 g/mol. The molecule has 0 bridgehead atoms. The Kier molecular flexibility index (Phi) is 11.6. The van der Waals surface area contributed by atoms with Gasteiger partial charge in [-0.15, -0.1) is 0 Å². The van der Waals surface area contributed by atoms with Gasteiger partial charge in [-0.2, -0.15) is 0 Å². The van der Waals surface area contributed by atoms with Crippen molar-refractivity contribution in [2.75, 3.05) is 19.8 Å². The lowest BCUT2D eigenvalue weighted by atomic mass is 9.33. The van der Waals surface area contributed by atoms with Gasteiger partial charge in [0.15, 0.2) is 12.6 Å². The number of hydrogen-bond acceptors (Lipinski definition) is 15. The molecule has 10 N–H and O–H groups in total. The molecule has 0 aromatic heterocycles. The summed E-state index contributed by atoms with van der Waals surface area (Å²) < 4.78 is 23.8. The topological polar surface area (TPSA) is 256 Å². The molecule has 5 aliphatic carbocycles. The Hall–Kier alpha value is -1.15. The van der Waals surface area contributed by atoms with E-state index in [0.29, 0.717) is 38.5 Å². The van der Waals surface area contributed by atoms with Gasteiger partial charge >= 0.3 is 0 Å². The number of allylic oxidation sites excluding steroid dienone is 2. The molecule has 15 heteroatoms. The summed E-state index contributed by atoms with van der Waals surface area (Å²) in [6, 6.07) is 0. The number of rotatable bonds is 8. The first-order valence-corrected chi connectivity index (χ1v) is 21.0. The molecule has 2 aliphatic heterocycles. The van der Waals surface area contributed by atoms with Gasteiger partial charge in [0.1, 0.15) is 55.1 Å². The molecule has 57 heavy (non-hydrogen) atoms. The Morgan fingerprint density at radius 3 is 1.93 bits per heavy atom. The Balaban J connectivity index is 1.15. The van der Waals surface area contributed by atoms with Crippen molar-refractivity contribution in [2.45, 2.75) is 173 Å². The van der Waals surface area contributed by atoms with Crippen LogP contribution >= 0.6 is 0 Å². The zero-order valence-corrected chi connectivity index (χ0v) is 34.2. The summed E-state index contributed by atoms with van der Waals surface area (Å²) in [7, 11) is 0. The fraction of sp³-hybridized carbons (Fsp3) is 0.929. The monoisotopic (exact) mass is 812 g/mol. The minimum absolute atomic E-state index is 0.0145. The maximum atomic E-state index is 13.3. The van der Waals surface area contributed by atoms with Crippen LogP contribution in [0.15, 0.2) is 11.6 Å². The van der Waals surface area contributed by atoms with Crippen molar-refractivity contribution in [1.82, 2.24) is 0 Å². The van der Waals surface area contributed by atoms with Crippen LogP contribution < -0.4 is 0 Å². The molecule has 2 saturated heterocycles. The van der Waals surface area contributed by atoms with Crippen molar-refractivity contribution in [3.8, 4) is 0 Å². The Morgan fingerprint density at radius 1 is 0.737 bits per heavy atom. The van der Waals surface area contributed by atoms with E-state index in [2.05, 4.69) is 40.7 Å². The van der Waals surface area contributed by atoms with Crippen LogP contribution in [-0.2, 0) is 23.7 Å². The first-order chi connectivity index (χ1) is 26.6. The lowest BCUT2D eigenvalue weighted by Crippen LogP contribution is -2.70. The van der Waals surface area contributed by atoms with E-state index < -0.39 is 131 Å². The Morgan fingerprint density at radius 2 is 1.33 bits per heavy atom. The molecule has 4 saturated carbocycles. The third-order valence-corrected chi connectivity index (χ3v) is 17.4. The molecule has 0 radical (unpaired) electrons. The van der Waals surface area contributed by atoms with Crippen LogP contribution in [0.2, 0.25) is 0 Å².